The standard InChI is InChI=1S/C24H31N3O2/c1-24(2)13-18-22(20(28)14-24)23(16-9-5-4-6-10-16)27(15-21(29)25-3)19-12-8-7-11-17(19)26-18/h4-5,7-8,11-12,16,23,26H,6,9-10,13-15H2,1-3H3,(H,25,29)/t16-,23-/m0/s1. The number of nitrogens with zero attached hydrogens (tertiary/aromatic N) is 1. The second-order valence-electron chi connectivity index (χ2n) is 9.27. The van der Waals surface area contributed by atoms with E-state index in [1.165, 1.54) is 0 Å². The quantitative estimate of drug-likeness (QED) is 0.761. The van der Waals surface area contributed by atoms with Gasteiger partial charge in [0.2, 0.25) is 5.91 Å². The molecule has 0 unspecified atom stereocenters. The highest BCUT2D eigenvalue weighted by Gasteiger charge is 2.43. The van der Waals surface area contributed by atoms with Crippen molar-refractivity contribution >= 4 is 23.1 Å². The number of rotatable bonds is 3. The van der Waals surface area contributed by atoms with Crippen LogP contribution in [-0.4, -0.2) is 31.3 Å². The van der Waals surface area contributed by atoms with Gasteiger partial charge in [0.1, 0.15) is 0 Å². The van der Waals surface area contributed by atoms with E-state index in [9.17, 15) is 9.59 Å². The van der Waals surface area contributed by atoms with Crippen LogP contribution in [0.3, 0.4) is 0 Å². The Balaban J connectivity index is 1.89. The Morgan fingerprint density at radius 3 is 2.76 bits per heavy atom. The van der Waals surface area contributed by atoms with E-state index in [1.807, 2.05) is 18.2 Å². The number of hydrogen-bond acceptors (Lipinski definition) is 4. The van der Waals surface area contributed by atoms with Crippen LogP contribution in [0.5, 0.6) is 0 Å². The Labute approximate surface area is 173 Å². The maximum Gasteiger partial charge on any atom is 0.239 e. The molecule has 5 heteroatoms. The molecule has 0 fully saturated rings. The number of carbonyl (C=O) groups excluding carboxylic acids is 2. The van der Waals surface area contributed by atoms with Crippen LogP contribution in [0.4, 0.5) is 11.4 Å². The summed E-state index contributed by atoms with van der Waals surface area (Å²) in [5.74, 6) is 0.495. The van der Waals surface area contributed by atoms with Gasteiger partial charge in [0.05, 0.1) is 24.0 Å². The molecule has 1 aliphatic heterocycles. The van der Waals surface area contributed by atoms with Crippen molar-refractivity contribution in [1.82, 2.24) is 5.32 Å². The fourth-order valence-electron chi connectivity index (χ4n) is 5.10. The minimum atomic E-state index is -0.0907. The summed E-state index contributed by atoms with van der Waals surface area (Å²) < 4.78 is 0. The van der Waals surface area contributed by atoms with Crippen LogP contribution in [0.1, 0.15) is 46.0 Å². The number of hydrogen-bond donors (Lipinski definition) is 2. The second-order valence-corrected chi connectivity index (χ2v) is 9.27. The maximum atomic E-state index is 13.5. The zero-order valence-electron chi connectivity index (χ0n) is 17.6. The van der Waals surface area contributed by atoms with E-state index < -0.39 is 0 Å². The Bertz CT molecular complexity index is 884. The second kappa shape index (κ2) is 7.69. The summed E-state index contributed by atoms with van der Waals surface area (Å²) in [6.45, 7) is 4.56. The summed E-state index contributed by atoms with van der Waals surface area (Å²) in [6, 6.07) is 8.03. The van der Waals surface area contributed by atoms with Crippen molar-refractivity contribution in [1.29, 1.82) is 0 Å². The average Bonchev–Trinajstić information content (AvgIpc) is 2.82. The van der Waals surface area contributed by atoms with Gasteiger partial charge in [0.15, 0.2) is 5.78 Å². The highest BCUT2D eigenvalue weighted by Crippen LogP contribution is 2.46. The van der Waals surface area contributed by atoms with E-state index in [4.69, 9.17) is 0 Å². The molecule has 0 saturated carbocycles. The van der Waals surface area contributed by atoms with Gasteiger partial charge in [-0.05, 0) is 49.1 Å². The lowest BCUT2D eigenvalue weighted by atomic mass is 9.71. The molecule has 1 amide bonds. The van der Waals surface area contributed by atoms with Gasteiger partial charge in [-0.1, -0.05) is 38.1 Å². The third kappa shape index (κ3) is 3.83. The smallest absolute Gasteiger partial charge is 0.239 e. The molecule has 4 rings (SSSR count). The Kier molecular flexibility index (Phi) is 5.24. The molecule has 1 aromatic carbocycles. The molecule has 0 spiro atoms. The summed E-state index contributed by atoms with van der Waals surface area (Å²) in [5.41, 5.74) is 3.84. The number of allylic oxidation sites excluding steroid dienone is 3. The molecule has 29 heavy (non-hydrogen) atoms. The number of carbonyl (C=O) groups is 2. The van der Waals surface area contributed by atoms with Gasteiger partial charge in [-0.25, -0.2) is 0 Å². The first-order valence-corrected chi connectivity index (χ1v) is 10.6. The van der Waals surface area contributed by atoms with Crippen molar-refractivity contribution in [3.05, 3.63) is 47.7 Å². The fraction of sp³-hybridized carbons (Fsp3) is 0.500. The molecule has 2 N–H and O–H groups in total. The third-order valence-electron chi connectivity index (χ3n) is 6.40. The Morgan fingerprint density at radius 2 is 2.03 bits per heavy atom. The lowest BCUT2D eigenvalue weighted by Gasteiger charge is -2.41. The molecule has 2 atom stereocenters. The van der Waals surface area contributed by atoms with Gasteiger partial charge in [-0.3, -0.25) is 9.59 Å². The van der Waals surface area contributed by atoms with E-state index in [1.54, 1.807) is 7.05 Å². The van der Waals surface area contributed by atoms with Gasteiger partial charge in [-0.2, -0.15) is 0 Å². The van der Waals surface area contributed by atoms with Gasteiger partial charge in [0, 0.05) is 24.7 Å². The summed E-state index contributed by atoms with van der Waals surface area (Å²) in [5, 5.41) is 6.37. The largest absolute Gasteiger partial charge is 0.358 e. The molecule has 3 aliphatic rings. The topological polar surface area (TPSA) is 61.4 Å². The average molecular weight is 394 g/mol. The van der Waals surface area contributed by atoms with Crippen molar-refractivity contribution in [2.24, 2.45) is 11.3 Å². The highest BCUT2D eigenvalue weighted by atomic mass is 16.2. The number of nitrogens with one attached hydrogen (secondary N) is 2. The number of benzene rings is 1. The predicted molar refractivity (Wildman–Crippen MR) is 117 cm³/mol. The number of likely N-dealkylation sites (N-methyl/N-ethyl adjacent to an activating group) is 1. The van der Waals surface area contributed by atoms with Gasteiger partial charge >= 0.3 is 0 Å². The van der Waals surface area contributed by atoms with Crippen LogP contribution in [0.25, 0.3) is 0 Å². The molecule has 0 aromatic heterocycles. The van der Waals surface area contributed by atoms with Crippen LogP contribution in [-0.2, 0) is 9.59 Å². The lowest BCUT2D eigenvalue weighted by molar-refractivity contribution is -0.120. The van der Waals surface area contributed by atoms with E-state index in [0.29, 0.717) is 12.3 Å². The summed E-state index contributed by atoms with van der Waals surface area (Å²) in [7, 11) is 1.67. The fourth-order valence-corrected chi connectivity index (χ4v) is 5.10. The normalized spacial score (nSPS) is 25.6. The summed E-state index contributed by atoms with van der Waals surface area (Å²) >= 11 is 0. The maximum absolute atomic E-state index is 13.5. The van der Waals surface area contributed by atoms with Crippen molar-refractivity contribution in [3.8, 4) is 0 Å². The minimum Gasteiger partial charge on any atom is -0.358 e. The zero-order chi connectivity index (χ0) is 20.6. The number of anilines is 2. The van der Waals surface area contributed by atoms with Crippen LogP contribution in [0.15, 0.2) is 47.7 Å². The Morgan fingerprint density at radius 1 is 1.24 bits per heavy atom. The number of ketones is 1. The first-order chi connectivity index (χ1) is 13.9. The van der Waals surface area contributed by atoms with Crippen molar-refractivity contribution in [3.63, 3.8) is 0 Å². The number of amides is 1. The molecular formula is C24H31N3O2. The molecule has 5 nitrogen and oxygen atoms in total. The number of fused-ring (bicyclic) bond motifs is 1. The summed E-state index contributed by atoms with van der Waals surface area (Å²) in [6.07, 6.45) is 8.83. The molecule has 0 radical (unpaired) electrons. The van der Waals surface area contributed by atoms with Gasteiger partial charge in [-0.15, -0.1) is 0 Å². The highest BCUT2D eigenvalue weighted by molar-refractivity contribution is 6.01. The van der Waals surface area contributed by atoms with Crippen LogP contribution >= 0.6 is 0 Å². The van der Waals surface area contributed by atoms with Crippen LogP contribution in [0, 0.1) is 11.3 Å². The first-order valence-electron chi connectivity index (χ1n) is 10.6. The Hall–Kier alpha value is -2.56. The molecule has 154 valence electrons. The van der Waals surface area contributed by atoms with E-state index in [-0.39, 0.29) is 29.7 Å². The van der Waals surface area contributed by atoms with E-state index >= 15 is 0 Å². The molecule has 0 saturated heterocycles. The monoisotopic (exact) mass is 393 g/mol. The minimum absolute atomic E-state index is 0.0382. The number of Topliss-reactive ketones (excluding diaryl/α,β-unsaturated/α-hetero) is 1. The van der Waals surface area contributed by atoms with Gasteiger partial charge in [0.25, 0.3) is 0 Å². The third-order valence-corrected chi connectivity index (χ3v) is 6.40. The summed E-state index contributed by atoms with van der Waals surface area (Å²) in [4.78, 5) is 28.1. The molecule has 0 bridgehead atoms. The predicted octanol–water partition coefficient (Wildman–Crippen LogP) is 4.03. The SMILES string of the molecule is CNC(=O)CN1c2ccccc2NC2=C(C(=O)CC(C)(C)C2)[C@@H]1[C@H]1CC=CCC1. The van der Waals surface area contributed by atoms with Crippen LogP contribution in [0.2, 0.25) is 0 Å². The molecular weight excluding hydrogens is 362 g/mol. The van der Waals surface area contributed by atoms with Crippen molar-refractivity contribution in [2.45, 2.75) is 52.0 Å². The molecule has 1 aromatic rings. The van der Waals surface area contributed by atoms with Crippen molar-refractivity contribution in [2.75, 3.05) is 23.8 Å². The first kappa shape index (κ1) is 19.7. The molecule has 2 aliphatic carbocycles. The van der Waals surface area contributed by atoms with Gasteiger partial charge < -0.3 is 15.5 Å². The number of para-hydroxylation sites is 2. The lowest BCUT2D eigenvalue weighted by Crippen LogP contribution is -2.49. The molecule has 1 heterocycles. The van der Waals surface area contributed by atoms with E-state index in [2.05, 4.69) is 47.6 Å². The van der Waals surface area contributed by atoms with Crippen molar-refractivity contribution < 1.29 is 9.59 Å². The van der Waals surface area contributed by atoms with Crippen LogP contribution < -0.4 is 15.5 Å². The van der Waals surface area contributed by atoms with E-state index in [0.717, 1.165) is 48.3 Å². The zero-order valence-corrected chi connectivity index (χ0v) is 17.6.